The molecule has 1 aliphatic carbocycles. The van der Waals surface area contributed by atoms with Gasteiger partial charge in [0.15, 0.2) is 0 Å². The third kappa shape index (κ3) is 3.02. The molecule has 1 aliphatic heterocycles. The summed E-state index contributed by atoms with van der Waals surface area (Å²) >= 11 is 0. The molecule has 0 amide bonds. The van der Waals surface area contributed by atoms with Crippen molar-refractivity contribution < 1.29 is 9.90 Å². The van der Waals surface area contributed by atoms with Crippen molar-refractivity contribution in [1.29, 1.82) is 0 Å². The highest BCUT2D eigenvalue weighted by atomic mass is 16.4. The highest BCUT2D eigenvalue weighted by molar-refractivity contribution is 5.75. The Balaban J connectivity index is 1.57. The summed E-state index contributed by atoms with van der Waals surface area (Å²) < 4.78 is 0. The van der Waals surface area contributed by atoms with Crippen LogP contribution in [0.3, 0.4) is 0 Å². The number of carboxylic acids is 1. The minimum atomic E-state index is -0.604. The number of carbonyl (C=O) groups is 1. The Labute approximate surface area is 125 Å². The van der Waals surface area contributed by atoms with Gasteiger partial charge in [-0.1, -0.05) is 18.9 Å². The summed E-state index contributed by atoms with van der Waals surface area (Å²) in [6, 6.07) is 5.97. The minimum absolute atomic E-state index is 0.493. The lowest BCUT2D eigenvalue weighted by Gasteiger charge is -2.39. The number of nitrogens with zero attached hydrogens (tertiary/aromatic N) is 3. The normalized spacial score (nSPS) is 22.4. The quantitative estimate of drug-likeness (QED) is 0.916. The fourth-order valence-corrected chi connectivity index (χ4v) is 3.60. The molecular formula is C16H23N3O2. The van der Waals surface area contributed by atoms with Gasteiger partial charge in [0.2, 0.25) is 0 Å². The third-order valence-corrected chi connectivity index (χ3v) is 4.89. The van der Waals surface area contributed by atoms with Crippen LogP contribution >= 0.6 is 0 Å². The molecular weight excluding hydrogens is 266 g/mol. The van der Waals surface area contributed by atoms with Gasteiger partial charge in [0.05, 0.1) is 5.41 Å². The van der Waals surface area contributed by atoms with Gasteiger partial charge in [-0.2, -0.15) is 0 Å². The van der Waals surface area contributed by atoms with Gasteiger partial charge in [-0.3, -0.25) is 9.69 Å². The monoisotopic (exact) mass is 289 g/mol. The van der Waals surface area contributed by atoms with Gasteiger partial charge in [-0.15, -0.1) is 0 Å². The van der Waals surface area contributed by atoms with Crippen molar-refractivity contribution in [2.45, 2.75) is 25.7 Å². The van der Waals surface area contributed by atoms with Crippen molar-refractivity contribution in [3.63, 3.8) is 0 Å². The van der Waals surface area contributed by atoms with Crippen LogP contribution < -0.4 is 4.90 Å². The van der Waals surface area contributed by atoms with Crippen LogP contribution in [-0.4, -0.2) is 53.7 Å². The molecule has 1 aromatic heterocycles. The molecule has 0 radical (unpaired) electrons. The maximum atomic E-state index is 11.6. The van der Waals surface area contributed by atoms with E-state index in [1.807, 2.05) is 24.4 Å². The van der Waals surface area contributed by atoms with Crippen LogP contribution in [0.5, 0.6) is 0 Å². The summed E-state index contributed by atoms with van der Waals surface area (Å²) in [4.78, 5) is 20.6. The van der Waals surface area contributed by atoms with Crippen molar-refractivity contribution in [1.82, 2.24) is 9.88 Å². The zero-order valence-electron chi connectivity index (χ0n) is 12.4. The average molecular weight is 289 g/mol. The maximum absolute atomic E-state index is 11.6. The van der Waals surface area contributed by atoms with Crippen molar-refractivity contribution in [2.75, 3.05) is 37.6 Å². The maximum Gasteiger partial charge on any atom is 0.310 e. The molecule has 0 aromatic carbocycles. The lowest BCUT2D eigenvalue weighted by atomic mass is 9.85. The van der Waals surface area contributed by atoms with E-state index in [2.05, 4.69) is 14.8 Å². The Morgan fingerprint density at radius 1 is 1.19 bits per heavy atom. The van der Waals surface area contributed by atoms with Crippen molar-refractivity contribution >= 4 is 11.8 Å². The van der Waals surface area contributed by atoms with Crippen LogP contribution in [0, 0.1) is 5.41 Å². The number of piperazine rings is 1. The van der Waals surface area contributed by atoms with Gasteiger partial charge in [-0.25, -0.2) is 4.98 Å². The average Bonchev–Trinajstić information content (AvgIpc) is 2.99. The topological polar surface area (TPSA) is 56.7 Å². The molecule has 1 saturated heterocycles. The number of aromatic nitrogens is 1. The number of rotatable bonds is 4. The lowest BCUT2D eigenvalue weighted by molar-refractivity contribution is -0.150. The summed E-state index contributed by atoms with van der Waals surface area (Å²) in [6.45, 7) is 4.40. The van der Waals surface area contributed by atoms with E-state index in [0.29, 0.717) is 6.54 Å². The zero-order valence-corrected chi connectivity index (χ0v) is 12.4. The fraction of sp³-hybridized carbons (Fsp3) is 0.625. The van der Waals surface area contributed by atoms with E-state index in [-0.39, 0.29) is 0 Å². The molecule has 114 valence electrons. The standard InChI is InChI=1S/C16H23N3O2/c20-15(21)16(6-2-3-7-16)13-18-9-11-19(12-10-18)14-5-1-4-8-17-14/h1,4-5,8H,2-3,6-7,9-13H2,(H,20,21). The molecule has 0 atom stereocenters. The van der Waals surface area contributed by atoms with Gasteiger partial charge in [0.1, 0.15) is 5.82 Å². The summed E-state index contributed by atoms with van der Waals surface area (Å²) in [5, 5.41) is 9.58. The predicted octanol–water partition coefficient (Wildman–Crippen LogP) is 1.85. The van der Waals surface area contributed by atoms with Gasteiger partial charge >= 0.3 is 5.97 Å². The molecule has 0 spiro atoms. The number of anilines is 1. The minimum Gasteiger partial charge on any atom is -0.481 e. The summed E-state index contributed by atoms with van der Waals surface area (Å²) in [5.41, 5.74) is -0.493. The van der Waals surface area contributed by atoms with Crippen LogP contribution in [0.4, 0.5) is 5.82 Å². The Morgan fingerprint density at radius 3 is 2.48 bits per heavy atom. The molecule has 5 nitrogen and oxygen atoms in total. The summed E-state index contributed by atoms with van der Waals surface area (Å²) in [6.07, 6.45) is 5.60. The van der Waals surface area contributed by atoms with E-state index in [4.69, 9.17) is 0 Å². The van der Waals surface area contributed by atoms with Crippen LogP contribution in [0.1, 0.15) is 25.7 Å². The molecule has 5 heteroatoms. The molecule has 2 aliphatic rings. The van der Waals surface area contributed by atoms with E-state index in [1.165, 1.54) is 0 Å². The fourth-order valence-electron chi connectivity index (χ4n) is 3.60. The first-order chi connectivity index (χ1) is 10.2. The molecule has 2 fully saturated rings. The third-order valence-electron chi connectivity index (χ3n) is 4.89. The van der Waals surface area contributed by atoms with E-state index < -0.39 is 11.4 Å². The first-order valence-electron chi connectivity index (χ1n) is 7.81. The Bertz CT molecular complexity index is 478. The molecule has 0 bridgehead atoms. The molecule has 2 heterocycles. The van der Waals surface area contributed by atoms with E-state index in [9.17, 15) is 9.90 Å². The molecule has 3 rings (SSSR count). The SMILES string of the molecule is O=C(O)C1(CN2CCN(c3ccccn3)CC2)CCCC1. The molecule has 0 unspecified atom stereocenters. The number of hydrogen-bond acceptors (Lipinski definition) is 4. The highest BCUT2D eigenvalue weighted by Crippen LogP contribution is 2.39. The Kier molecular flexibility index (Phi) is 4.10. The lowest BCUT2D eigenvalue weighted by Crippen LogP contribution is -2.51. The predicted molar refractivity (Wildman–Crippen MR) is 81.4 cm³/mol. The van der Waals surface area contributed by atoms with Crippen molar-refractivity contribution in [3.05, 3.63) is 24.4 Å². The Morgan fingerprint density at radius 2 is 1.90 bits per heavy atom. The molecule has 21 heavy (non-hydrogen) atoms. The second-order valence-corrected chi connectivity index (χ2v) is 6.24. The number of aliphatic carboxylic acids is 1. The van der Waals surface area contributed by atoms with Crippen LogP contribution in [0.15, 0.2) is 24.4 Å². The van der Waals surface area contributed by atoms with E-state index in [1.54, 1.807) is 0 Å². The van der Waals surface area contributed by atoms with E-state index in [0.717, 1.165) is 57.7 Å². The second-order valence-electron chi connectivity index (χ2n) is 6.24. The van der Waals surface area contributed by atoms with Crippen molar-refractivity contribution in [3.8, 4) is 0 Å². The Hall–Kier alpha value is -1.62. The smallest absolute Gasteiger partial charge is 0.310 e. The number of carboxylic acid groups (broad SMARTS) is 1. The largest absolute Gasteiger partial charge is 0.481 e. The summed E-state index contributed by atoms with van der Waals surface area (Å²) in [7, 11) is 0. The molecule has 1 saturated carbocycles. The zero-order chi connectivity index (χ0) is 14.7. The number of hydrogen-bond donors (Lipinski definition) is 1. The van der Waals surface area contributed by atoms with Crippen molar-refractivity contribution in [2.24, 2.45) is 5.41 Å². The first-order valence-corrected chi connectivity index (χ1v) is 7.81. The first kappa shape index (κ1) is 14.3. The molecule has 1 N–H and O–H groups in total. The second kappa shape index (κ2) is 6.02. The van der Waals surface area contributed by atoms with Crippen LogP contribution in [0.2, 0.25) is 0 Å². The van der Waals surface area contributed by atoms with Crippen LogP contribution in [0.25, 0.3) is 0 Å². The van der Waals surface area contributed by atoms with Crippen LogP contribution in [-0.2, 0) is 4.79 Å². The van der Waals surface area contributed by atoms with Gasteiger partial charge < -0.3 is 10.0 Å². The van der Waals surface area contributed by atoms with Gasteiger partial charge in [-0.05, 0) is 25.0 Å². The van der Waals surface area contributed by atoms with E-state index >= 15 is 0 Å². The van der Waals surface area contributed by atoms with Gasteiger partial charge in [0.25, 0.3) is 0 Å². The summed E-state index contributed by atoms with van der Waals surface area (Å²) in [5.74, 6) is 0.415. The number of pyridine rings is 1. The molecule has 1 aromatic rings. The van der Waals surface area contributed by atoms with Gasteiger partial charge in [0, 0.05) is 38.9 Å². The highest BCUT2D eigenvalue weighted by Gasteiger charge is 2.42.